The van der Waals surface area contributed by atoms with Crippen molar-refractivity contribution in [1.29, 1.82) is 0 Å². The van der Waals surface area contributed by atoms with E-state index >= 15 is 0 Å². The van der Waals surface area contributed by atoms with E-state index in [1.165, 1.54) is 11.8 Å². The number of rotatable bonds is 5. The van der Waals surface area contributed by atoms with Gasteiger partial charge in [-0.1, -0.05) is 23.9 Å². The molecule has 0 aliphatic carbocycles. The fourth-order valence-electron chi connectivity index (χ4n) is 2.78. The summed E-state index contributed by atoms with van der Waals surface area (Å²) in [7, 11) is -3.00. The molecular formula is C15H18N2O4S2. The number of para-hydroxylation sites is 2. The normalized spacial score (nSPS) is 20.0. The third-order valence-electron chi connectivity index (χ3n) is 3.90. The Balaban J connectivity index is 1.63. The molecule has 1 aliphatic heterocycles. The average Bonchev–Trinajstić information content (AvgIpc) is 3.08. The highest BCUT2D eigenvalue weighted by Crippen LogP contribution is 2.24. The Bertz CT molecular complexity index is 783. The molecule has 8 heteroatoms. The average molecular weight is 354 g/mol. The lowest BCUT2D eigenvalue weighted by atomic mass is 10.2. The van der Waals surface area contributed by atoms with E-state index in [2.05, 4.69) is 4.98 Å². The van der Waals surface area contributed by atoms with Gasteiger partial charge in [-0.2, -0.15) is 0 Å². The Morgan fingerprint density at radius 1 is 1.43 bits per heavy atom. The summed E-state index contributed by atoms with van der Waals surface area (Å²) < 4.78 is 28.8. The molecule has 3 rings (SSSR count). The van der Waals surface area contributed by atoms with E-state index in [-0.39, 0.29) is 29.2 Å². The number of nitrogens with zero attached hydrogens (tertiary/aromatic N) is 2. The van der Waals surface area contributed by atoms with Gasteiger partial charge in [0.1, 0.15) is 5.52 Å². The van der Waals surface area contributed by atoms with Gasteiger partial charge in [-0.3, -0.25) is 4.79 Å². The summed E-state index contributed by atoms with van der Waals surface area (Å²) in [5.41, 5.74) is 1.45. The van der Waals surface area contributed by atoms with E-state index in [1.807, 2.05) is 31.2 Å². The molecule has 6 nitrogen and oxygen atoms in total. The zero-order valence-electron chi connectivity index (χ0n) is 12.8. The van der Waals surface area contributed by atoms with Crippen molar-refractivity contribution >= 4 is 38.6 Å². The van der Waals surface area contributed by atoms with Crippen LogP contribution >= 0.6 is 11.8 Å². The van der Waals surface area contributed by atoms with E-state index in [1.54, 1.807) is 4.90 Å². The molecule has 0 radical (unpaired) electrons. The number of sulfone groups is 1. The molecule has 0 saturated carbocycles. The van der Waals surface area contributed by atoms with Crippen molar-refractivity contribution in [2.24, 2.45) is 0 Å². The summed E-state index contributed by atoms with van der Waals surface area (Å²) in [6.45, 7) is 2.38. The van der Waals surface area contributed by atoms with Gasteiger partial charge in [0, 0.05) is 12.6 Å². The van der Waals surface area contributed by atoms with Gasteiger partial charge >= 0.3 is 0 Å². The summed E-state index contributed by atoms with van der Waals surface area (Å²) in [6.07, 6.45) is 0.523. The number of thioether (sulfide) groups is 1. The summed E-state index contributed by atoms with van der Waals surface area (Å²) >= 11 is 1.24. The number of amides is 1. The molecule has 124 valence electrons. The smallest absolute Gasteiger partial charge is 0.257 e. The summed E-state index contributed by atoms with van der Waals surface area (Å²) in [5.74, 6) is 0.346. The zero-order valence-corrected chi connectivity index (χ0v) is 14.4. The summed E-state index contributed by atoms with van der Waals surface area (Å²) in [4.78, 5) is 18.4. The van der Waals surface area contributed by atoms with Crippen molar-refractivity contribution in [2.45, 2.75) is 24.6 Å². The Morgan fingerprint density at radius 3 is 2.87 bits per heavy atom. The maximum atomic E-state index is 12.4. The molecule has 1 aromatic heterocycles. The van der Waals surface area contributed by atoms with Crippen LogP contribution in [0.4, 0.5) is 0 Å². The van der Waals surface area contributed by atoms with Crippen LogP contribution in [0.3, 0.4) is 0 Å². The number of carbonyl (C=O) groups is 1. The first-order valence-electron chi connectivity index (χ1n) is 7.47. The number of fused-ring (bicyclic) bond motifs is 1. The fourth-order valence-corrected chi connectivity index (χ4v) is 5.23. The fraction of sp³-hybridized carbons (Fsp3) is 0.467. The molecule has 0 N–H and O–H groups in total. The maximum Gasteiger partial charge on any atom is 0.257 e. The molecule has 0 bridgehead atoms. The second kappa shape index (κ2) is 6.52. The van der Waals surface area contributed by atoms with Gasteiger partial charge < -0.3 is 9.32 Å². The minimum atomic E-state index is -3.00. The summed E-state index contributed by atoms with van der Waals surface area (Å²) in [6, 6.07) is 7.22. The number of hydrogen-bond acceptors (Lipinski definition) is 6. The Hall–Kier alpha value is -1.54. The highest BCUT2D eigenvalue weighted by atomic mass is 32.2. The van der Waals surface area contributed by atoms with Crippen LogP contribution in [-0.4, -0.2) is 54.1 Å². The minimum Gasteiger partial charge on any atom is -0.431 e. The predicted octanol–water partition coefficient (Wildman–Crippen LogP) is 1.96. The topological polar surface area (TPSA) is 80.5 Å². The van der Waals surface area contributed by atoms with Gasteiger partial charge in [0.05, 0.1) is 17.3 Å². The van der Waals surface area contributed by atoms with E-state index < -0.39 is 9.84 Å². The van der Waals surface area contributed by atoms with E-state index in [0.29, 0.717) is 23.8 Å². The number of carbonyl (C=O) groups excluding carboxylic acids is 1. The lowest BCUT2D eigenvalue weighted by Gasteiger charge is -2.26. The molecule has 1 atom stereocenters. The van der Waals surface area contributed by atoms with E-state index in [9.17, 15) is 13.2 Å². The summed E-state index contributed by atoms with van der Waals surface area (Å²) in [5, 5.41) is 0.453. The van der Waals surface area contributed by atoms with Crippen LogP contribution in [-0.2, 0) is 14.6 Å². The highest BCUT2D eigenvalue weighted by Gasteiger charge is 2.33. The van der Waals surface area contributed by atoms with Crippen LogP contribution in [0, 0.1) is 0 Å². The highest BCUT2D eigenvalue weighted by molar-refractivity contribution is 7.99. The second-order valence-corrected chi connectivity index (χ2v) is 8.63. The molecule has 1 amide bonds. The number of hydrogen-bond donors (Lipinski definition) is 0. The Kier molecular flexibility index (Phi) is 4.63. The molecule has 0 spiro atoms. The second-order valence-electron chi connectivity index (χ2n) is 5.47. The largest absolute Gasteiger partial charge is 0.431 e. The van der Waals surface area contributed by atoms with Crippen LogP contribution in [0.2, 0.25) is 0 Å². The third-order valence-corrected chi connectivity index (χ3v) is 6.47. The van der Waals surface area contributed by atoms with Gasteiger partial charge in [0.15, 0.2) is 15.4 Å². The molecule has 1 aliphatic rings. The Morgan fingerprint density at radius 2 is 2.22 bits per heavy atom. The van der Waals surface area contributed by atoms with Crippen LogP contribution in [0.25, 0.3) is 11.1 Å². The van der Waals surface area contributed by atoms with Crippen LogP contribution in [0.1, 0.15) is 13.3 Å². The lowest BCUT2D eigenvalue weighted by molar-refractivity contribution is -0.129. The molecule has 2 aromatic rings. The van der Waals surface area contributed by atoms with Crippen molar-refractivity contribution < 1.29 is 17.6 Å². The molecule has 0 unspecified atom stereocenters. The van der Waals surface area contributed by atoms with Crippen molar-refractivity contribution in [3.8, 4) is 0 Å². The van der Waals surface area contributed by atoms with Crippen LogP contribution in [0.15, 0.2) is 33.9 Å². The molecule has 1 saturated heterocycles. The van der Waals surface area contributed by atoms with Crippen molar-refractivity contribution in [3.05, 3.63) is 24.3 Å². The van der Waals surface area contributed by atoms with Crippen molar-refractivity contribution in [1.82, 2.24) is 9.88 Å². The lowest BCUT2D eigenvalue weighted by Crippen LogP contribution is -2.41. The third kappa shape index (κ3) is 3.69. The first-order chi connectivity index (χ1) is 11.0. The van der Waals surface area contributed by atoms with Crippen LogP contribution in [0.5, 0.6) is 0 Å². The monoisotopic (exact) mass is 354 g/mol. The standard InChI is InChI=1S/C15H18N2O4S2/c1-2-17(11-7-8-23(19,20)10-11)14(18)9-22-15-16-12-5-3-4-6-13(12)21-15/h3-6,11H,2,7-10H2,1H3/t11-/m0/s1. The van der Waals surface area contributed by atoms with E-state index in [0.717, 1.165) is 5.52 Å². The molecular weight excluding hydrogens is 336 g/mol. The molecule has 2 heterocycles. The van der Waals surface area contributed by atoms with Gasteiger partial charge in [-0.05, 0) is 25.5 Å². The number of oxazole rings is 1. The first-order valence-corrected chi connectivity index (χ1v) is 10.3. The van der Waals surface area contributed by atoms with Crippen molar-refractivity contribution in [2.75, 3.05) is 23.8 Å². The SMILES string of the molecule is CCN(C(=O)CSc1nc2ccccc2o1)[C@H]1CCS(=O)(=O)C1. The number of aromatic nitrogens is 1. The maximum absolute atomic E-state index is 12.4. The Labute approximate surface area is 139 Å². The molecule has 1 aromatic carbocycles. The number of benzene rings is 1. The predicted molar refractivity (Wildman–Crippen MR) is 89.2 cm³/mol. The molecule has 1 fully saturated rings. The van der Waals surface area contributed by atoms with Gasteiger partial charge in [-0.15, -0.1) is 0 Å². The minimum absolute atomic E-state index is 0.0696. The van der Waals surface area contributed by atoms with E-state index in [4.69, 9.17) is 4.42 Å². The quantitative estimate of drug-likeness (QED) is 0.764. The zero-order chi connectivity index (χ0) is 16.4. The first kappa shape index (κ1) is 16.3. The van der Waals surface area contributed by atoms with Gasteiger partial charge in [0.2, 0.25) is 5.91 Å². The molecule has 23 heavy (non-hydrogen) atoms. The van der Waals surface area contributed by atoms with Gasteiger partial charge in [-0.25, -0.2) is 13.4 Å². The van der Waals surface area contributed by atoms with Crippen molar-refractivity contribution in [3.63, 3.8) is 0 Å². The van der Waals surface area contributed by atoms with Gasteiger partial charge in [0.25, 0.3) is 5.22 Å². The van der Waals surface area contributed by atoms with Crippen LogP contribution < -0.4 is 0 Å².